The fraction of sp³-hybridized carbons (Fsp3) is 0.300. The van der Waals surface area contributed by atoms with Gasteiger partial charge in [-0.3, -0.25) is 19.2 Å². The van der Waals surface area contributed by atoms with Crippen LogP contribution in [0, 0.1) is 0 Å². The Morgan fingerprint density at radius 3 is 1.50 bits per heavy atom. The molecule has 2 N–H and O–H groups in total. The number of nitrogens with zero attached hydrogens (tertiary/aromatic N) is 4. The van der Waals surface area contributed by atoms with E-state index in [9.17, 15) is 19.2 Å². The van der Waals surface area contributed by atoms with Crippen LogP contribution in [0.2, 0.25) is 10.0 Å². The Morgan fingerprint density at radius 1 is 0.589 bits per heavy atom. The zero-order valence-corrected chi connectivity index (χ0v) is 33.2. The van der Waals surface area contributed by atoms with Gasteiger partial charge in [-0.2, -0.15) is 20.5 Å². The second-order valence-corrected chi connectivity index (χ2v) is 12.5. The Balaban J connectivity index is 1.47. The van der Waals surface area contributed by atoms with E-state index in [4.69, 9.17) is 42.1 Å². The van der Waals surface area contributed by atoms with Crippen molar-refractivity contribution in [3.05, 3.63) is 82.8 Å². The highest BCUT2D eigenvalue weighted by Crippen LogP contribution is 2.40. The van der Waals surface area contributed by atoms with Crippen LogP contribution in [0.5, 0.6) is 23.0 Å². The number of halogens is 2. The minimum absolute atomic E-state index is 0.0415. The lowest BCUT2D eigenvalue weighted by molar-refractivity contribution is -0.127. The van der Waals surface area contributed by atoms with Gasteiger partial charge in [0.25, 0.3) is 11.8 Å². The second-order valence-electron chi connectivity index (χ2n) is 11.8. The van der Waals surface area contributed by atoms with Gasteiger partial charge in [0.2, 0.25) is 12.1 Å². The summed E-state index contributed by atoms with van der Waals surface area (Å²) in [6, 6.07) is 16.9. The highest BCUT2D eigenvalue weighted by molar-refractivity contribution is 6.45. The molecule has 294 valence electrons. The molecule has 2 unspecified atom stereocenters. The average Bonchev–Trinajstić information content (AvgIpc) is 3.16. The van der Waals surface area contributed by atoms with Crippen molar-refractivity contribution in [1.82, 2.24) is 0 Å². The fourth-order valence-electron chi connectivity index (χ4n) is 5.10. The van der Waals surface area contributed by atoms with Crippen LogP contribution < -0.4 is 29.6 Å². The first kappa shape index (κ1) is 42.9. The normalized spacial score (nSPS) is 12.2. The van der Waals surface area contributed by atoms with Gasteiger partial charge in [0, 0.05) is 17.7 Å². The number of ether oxygens (including phenoxy) is 4. The summed E-state index contributed by atoms with van der Waals surface area (Å²) in [5.41, 5.74) is 2.38. The van der Waals surface area contributed by atoms with E-state index in [1.165, 1.54) is 13.8 Å². The van der Waals surface area contributed by atoms with Crippen molar-refractivity contribution in [3.8, 4) is 34.1 Å². The standard InChI is InChI=1S/C40H42Cl2N6O8/c1-7-53-27-15-18-30(33(21-27)55-9-3)43-39(51)37(23(5)49)47-45-26-13-11-25(12-14-26)29-17-20-32(36(42)35(29)41)46-48-38(24(6)50)40(52)44-31-19-16-28(54-8-2)22-34(31)56-10-4/h11-22,37-38H,7-10H2,1-6H3,(H,43,51)(H,44,52). The molecule has 0 aliphatic rings. The lowest BCUT2D eigenvalue weighted by atomic mass is 10.0. The van der Waals surface area contributed by atoms with E-state index in [1.807, 2.05) is 20.8 Å². The number of azo groups is 2. The van der Waals surface area contributed by atoms with Gasteiger partial charge in [-0.05, 0) is 89.6 Å². The molecule has 4 aromatic rings. The van der Waals surface area contributed by atoms with E-state index in [1.54, 1.807) is 79.7 Å². The smallest absolute Gasteiger partial charge is 0.258 e. The molecule has 0 saturated carbocycles. The third-order valence-electron chi connectivity index (χ3n) is 7.72. The molecule has 2 atom stereocenters. The van der Waals surface area contributed by atoms with Gasteiger partial charge in [-0.1, -0.05) is 41.4 Å². The summed E-state index contributed by atoms with van der Waals surface area (Å²) in [6.45, 7) is 11.4. The van der Waals surface area contributed by atoms with Gasteiger partial charge in [0.1, 0.15) is 28.7 Å². The first-order chi connectivity index (χ1) is 26.9. The van der Waals surface area contributed by atoms with E-state index in [2.05, 4.69) is 31.1 Å². The van der Waals surface area contributed by atoms with Crippen molar-refractivity contribution >= 4 is 69.3 Å². The number of carbonyl (C=O) groups excluding carboxylic acids is 4. The van der Waals surface area contributed by atoms with E-state index in [-0.39, 0.29) is 15.7 Å². The highest BCUT2D eigenvalue weighted by Gasteiger charge is 2.26. The molecule has 0 aromatic heterocycles. The van der Waals surface area contributed by atoms with E-state index in [0.717, 1.165) is 0 Å². The fourth-order valence-corrected chi connectivity index (χ4v) is 5.58. The maximum absolute atomic E-state index is 13.2. The maximum atomic E-state index is 13.2. The molecule has 4 aromatic carbocycles. The monoisotopic (exact) mass is 804 g/mol. The molecule has 0 aliphatic heterocycles. The molecule has 16 heteroatoms. The van der Waals surface area contributed by atoms with Gasteiger partial charge in [-0.25, -0.2) is 0 Å². The number of hydrogen-bond acceptors (Lipinski definition) is 12. The van der Waals surface area contributed by atoms with Crippen molar-refractivity contribution < 1.29 is 38.1 Å². The van der Waals surface area contributed by atoms with Crippen LogP contribution in [0.15, 0.2) is 93.3 Å². The molecular weight excluding hydrogens is 763 g/mol. The van der Waals surface area contributed by atoms with Gasteiger partial charge in [0.15, 0.2) is 11.6 Å². The van der Waals surface area contributed by atoms with Crippen molar-refractivity contribution in [3.63, 3.8) is 0 Å². The van der Waals surface area contributed by atoms with Gasteiger partial charge in [0.05, 0.1) is 53.5 Å². The van der Waals surface area contributed by atoms with Gasteiger partial charge < -0.3 is 29.6 Å². The summed E-state index contributed by atoms with van der Waals surface area (Å²) in [5, 5.41) is 21.8. The number of hydrogen-bond donors (Lipinski definition) is 2. The third kappa shape index (κ3) is 11.3. The minimum atomic E-state index is -1.49. The number of Topliss-reactive ketones (excluding diaryl/α,β-unsaturated/α-hetero) is 2. The third-order valence-corrected chi connectivity index (χ3v) is 8.59. The maximum Gasteiger partial charge on any atom is 0.258 e. The average molecular weight is 806 g/mol. The van der Waals surface area contributed by atoms with Crippen molar-refractivity contribution in [2.45, 2.75) is 53.6 Å². The largest absolute Gasteiger partial charge is 0.494 e. The van der Waals surface area contributed by atoms with Crippen molar-refractivity contribution in [2.24, 2.45) is 20.5 Å². The molecule has 0 spiro atoms. The number of benzene rings is 4. The molecule has 0 saturated heterocycles. The van der Waals surface area contributed by atoms with E-state index >= 15 is 0 Å². The van der Waals surface area contributed by atoms with E-state index < -0.39 is 35.5 Å². The van der Waals surface area contributed by atoms with Gasteiger partial charge in [-0.15, -0.1) is 0 Å². The van der Waals surface area contributed by atoms with Gasteiger partial charge >= 0.3 is 0 Å². The Hall–Kier alpha value is -5.86. The lowest BCUT2D eigenvalue weighted by Gasteiger charge is -2.15. The molecule has 2 amide bonds. The number of amides is 2. The van der Waals surface area contributed by atoms with Crippen LogP contribution in [0.1, 0.15) is 41.5 Å². The summed E-state index contributed by atoms with van der Waals surface area (Å²) in [5.74, 6) is -0.574. The molecule has 0 bridgehead atoms. The Bertz CT molecular complexity index is 2110. The lowest BCUT2D eigenvalue weighted by Crippen LogP contribution is -2.32. The molecule has 56 heavy (non-hydrogen) atoms. The Labute approximate surface area is 334 Å². The van der Waals surface area contributed by atoms with Crippen LogP contribution in [0.3, 0.4) is 0 Å². The molecule has 14 nitrogen and oxygen atoms in total. The van der Waals surface area contributed by atoms with Crippen molar-refractivity contribution in [2.75, 3.05) is 37.1 Å². The summed E-state index contributed by atoms with van der Waals surface area (Å²) in [4.78, 5) is 51.2. The van der Waals surface area contributed by atoms with Crippen LogP contribution in [0.4, 0.5) is 22.7 Å². The molecule has 0 radical (unpaired) electrons. The first-order valence-corrected chi connectivity index (χ1v) is 18.5. The Kier molecular flexibility index (Phi) is 15.9. The number of anilines is 2. The number of nitrogens with one attached hydrogen (secondary N) is 2. The summed E-state index contributed by atoms with van der Waals surface area (Å²) in [7, 11) is 0. The quantitative estimate of drug-likeness (QED) is 0.0695. The van der Waals surface area contributed by atoms with Crippen LogP contribution >= 0.6 is 23.2 Å². The minimum Gasteiger partial charge on any atom is -0.494 e. The van der Waals surface area contributed by atoms with Crippen molar-refractivity contribution in [1.29, 1.82) is 0 Å². The summed E-state index contributed by atoms with van der Waals surface area (Å²) < 4.78 is 22.3. The number of carbonyl (C=O) groups is 4. The highest BCUT2D eigenvalue weighted by atomic mass is 35.5. The first-order valence-electron chi connectivity index (χ1n) is 17.7. The van der Waals surface area contributed by atoms with Crippen LogP contribution in [0.25, 0.3) is 11.1 Å². The molecule has 0 heterocycles. The zero-order chi connectivity index (χ0) is 40.8. The van der Waals surface area contributed by atoms with Crippen LogP contribution in [-0.2, 0) is 19.2 Å². The molecule has 0 aliphatic carbocycles. The summed E-state index contributed by atoms with van der Waals surface area (Å²) >= 11 is 13.2. The predicted octanol–water partition coefficient (Wildman–Crippen LogP) is 9.62. The molecular formula is C40H42Cl2N6O8. The second kappa shape index (κ2) is 20.7. The van der Waals surface area contributed by atoms with Crippen LogP contribution in [-0.4, -0.2) is 61.9 Å². The molecule has 4 rings (SSSR count). The van der Waals surface area contributed by atoms with E-state index in [0.29, 0.717) is 77.6 Å². The Morgan fingerprint density at radius 2 is 1.05 bits per heavy atom. The molecule has 0 fully saturated rings. The number of ketones is 2. The number of rotatable bonds is 19. The summed E-state index contributed by atoms with van der Waals surface area (Å²) in [6.07, 6.45) is 0. The predicted molar refractivity (Wildman–Crippen MR) is 215 cm³/mol. The SMILES string of the molecule is CCOc1ccc(NC(=O)C(N=Nc2ccc(-c3ccc(N=NC(C(C)=O)C(=O)Nc4ccc(OCC)cc4OCC)c(Cl)c3Cl)cc2)C(C)=O)c(OCC)c1. The topological polar surface area (TPSA) is 179 Å². The zero-order valence-electron chi connectivity index (χ0n) is 31.7.